The average molecular weight is 794 g/mol. The third kappa shape index (κ3) is 5.17. The van der Waals surface area contributed by atoms with Gasteiger partial charge in [-0.3, -0.25) is 19.4 Å². The van der Waals surface area contributed by atoms with Crippen LogP contribution >= 0.6 is 0 Å². The molecule has 0 bridgehead atoms. The molecule has 3 N–H and O–H groups in total. The number of aliphatic carboxylic acids is 1. The van der Waals surface area contributed by atoms with Gasteiger partial charge in [0, 0.05) is 31.1 Å². The Morgan fingerprint density at radius 2 is 1.69 bits per heavy atom. The summed E-state index contributed by atoms with van der Waals surface area (Å²) in [7, 11) is 0. The van der Waals surface area contributed by atoms with E-state index in [1.807, 2.05) is 6.20 Å². The molecule has 2 aromatic heterocycles. The summed E-state index contributed by atoms with van der Waals surface area (Å²) in [6, 6.07) is 4.31. The van der Waals surface area contributed by atoms with Crippen molar-refractivity contribution in [1.29, 1.82) is 0 Å². The fourth-order valence-electron chi connectivity index (χ4n) is 15.2. The number of pyridine rings is 1. The van der Waals surface area contributed by atoms with E-state index in [4.69, 9.17) is 25.7 Å². The highest BCUT2D eigenvalue weighted by molar-refractivity contribution is 6.01. The molecular formula is C48H67N5O5. The molecule has 9 unspecified atom stereocenters. The highest BCUT2D eigenvalue weighted by atomic mass is 16.5. The van der Waals surface area contributed by atoms with Gasteiger partial charge in [0.2, 0.25) is 0 Å². The number of hydrogen-bond acceptors (Lipinski definition) is 8. The van der Waals surface area contributed by atoms with Crippen molar-refractivity contribution in [2.45, 2.75) is 169 Å². The van der Waals surface area contributed by atoms with Gasteiger partial charge >= 0.3 is 11.9 Å². The Bertz CT molecular complexity index is 2080. The molecule has 2 heterocycles. The third-order valence-corrected chi connectivity index (χ3v) is 18.9. The summed E-state index contributed by atoms with van der Waals surface area (Å²) in [6.07, 6.45) is 15.0. The Morgan fingerprint density at radius 1 is 0.948 bits per heavy atom. The van der Waals surface area contributed by atoms with E-state index in [1.165, 1.54) is 30.4 Å². The van der Waals surface area contributed by atoms with Crippen LogP contribution in [-0.4, -0.2) is 55.2 Å². The van der Waals surface area contributed by atoms with Crippen molar-refractivity contribution in [3.05, 3.63) is 40.9 Å². The molecule has 7 aliphatic rings. The van der Waals surface area contributed by atoms with Gasteiger partial charge in [-0.05, 0) is 153 Å². The van der Waals surface area contributed by atoms with Crippen LogP contribution in [0.1, 0.15) is 163 Å². The lowest BCUT2D eigenvalue weighted by Gasteiger charge is -2.71. The first-order valence-corrected chi connectivity index (χ1v) is 22.6. The van der Waals surface area contributed by atoms with Crippen molar-refractivity contribution in [3.63, 3.8) is 0 Å². The maximum Gasteiger partial charge on any atom is 0.309 e. The SMILES string of the molecule is CC(C)C1=C2C3CCC4C(C)(CCC56CC5(C)C(OC(=O)CC(C)(C)C(=O)O)CCC46C)C3(C)CCC2(c2nnc(-c3ccc(C4CCC4)cn3)n2CCN)CC1=O. The maximum absolute atomic E-state index is 14.5. The summed E-state index contributed by atoms with van der Waals surface area (Å²) in [5, 5.41) is 19.6. The van der Waals surface area contributed by atoms with Crippen LogP contribution in [0.5, 0.6) is 0 Å². The van der Waals surface area contributed by atoms with Crippen LogP contribution in [0.2, 0.25) is 0 Å². The number of carboxylic acid groups (broad SMARTS) is 1. The van der Waals surface area contributed by atoms with E-state index in [9.17, 15) is 19.5 Å². The summed E-state index contributed by atoms with van der Waals surface area (Å²) in [6.45, 7) is 18.7. The number of ketones is 1. The molecule has 0 aliphatic heterocycles. The number of allylic oxidation sites excluding steroid dienone is 2. The fourth-order valence-corrected chi connectivity index (χ4v) is 15.2. The molecule has 0 saturated heterocycles. The van der Waals surface area contributed by atoms with Gasteiger partial charge in [0.05, 0.1) is 17.3 Å². The third-order valence-electron chi connectivity index (χ3n) is 18.9. The van der Waals surface area contributed by atoms with Crippen LogP contribution in [0.3, 0.4) is 0 Å². The van der Waals surface area contributed by atoms with Gasteiger partial charge in [0.25, 0.3) is 0 Å². The zero-order chi connectivity index (χ0) is 41.4. The Morgan fingerprint density at radius 3 is 2.33 bits per heavy atom. The molecular weight excluding hydrogens is 727 g/mol. The quantitative estimate of drug-likeness (QED) is 0.225. The van der Waals surface area contributed by atoms with Gasteiger partial charge in [-0.1, -0.05) is 54.0 Å². The van der Waals surface area contributed by atoms with E-state index < -0.39 is 22.8 Å². The zero-order valence-corrected chi connectivity index (χ0v) is 36.4. The van der Waals surface area contributed by atoms with Gasteiger partial charge in [-0.15, -0.1) is 10.2 Å². The first kappa shape index (κ1) is 40.0. The van der Waals surface area contributed by atoms with E-state index in [-0.39, 0.29) is 57.2 Å². The average Bonchev–Trinajstić information content (AvgIpc) is 3.40. The Labute approximate surface area is 344 Å². The first-order chi connectivity index (χ1) is 27.3. The molecule has 10 nitrogen and oxygen atoms in total. The largest absolute Gasteiger partial charge is 0.481 e. The Balaban J connectivity index is 1.05. The van der Waals surface area contributed by atoms with E-state index in [0.717, 1.165) is 80.7 Å². The molecule has 0 amide bonds. The number of aromatic nitrogens is 4. The molecule has 1 spiro atoms. The minimum atomic E-state index is -1.16. The van der Waals surface area contributed by atoms with E-state index >= 15 is 0 Å². The monoisotopic (exact) mass is 794 g/mol. The first-order valence-electron chi connectivity index (χ1n) is 22.6. The van der Waals surface area contributed by atoms with Crippen molar-refractivity contribution in [2.75, 3.05) is 6.54 Å². The molecule has 7 aliphatic carbocycles. The minimum absolute atomic E-state index is 0.0123. The number of ether oxygens (including phenoxy) is 1. The highest BCUT2D eigenvalue weighted by Crippen LogP contribution is 2.87. The number of fused-ring (bicyclic) bond motifs is 6. The molecule has 9 atom stereocenters. The molecule has 9 rings (SSSR count). The smallest absolute Gasteiger partial charge is 0.309 e. The summed E-state index contributed by atoms with van der Waals surface area (Å²) in [5.41, 5.74) is 9.31. The number of rotatable bonds is 10. The molecule has 2 aromatic rings. The minimum Gasteiger partial charge on any atom is -0.481 e. The van der Waals surface area contributed by atoms with Gasteiger partial charge in [-0.2, -0.15) is 0 Å². The Kier molecular flexibility index (Phi) is 9.01. The fraction of sp³-hybridized carbons (Fsp3) is 0.750. The molecule has 0 aromatic carbocycles. The van der Waals surface area contributed by atoms with Crippen LogP contribution < -0.4 is 5.73 Å². The van der Waals surface area contributed by atoms with Crippen LogP contribution in [0, 0.1) is 50.2 Å². The molecule has 58 heavy (non-hydrogen) atoms. The lowest BCUT2D eigenvalue weighted by Crippen LogP contribution is -2.65. The number of Topliss-reactive ketones (excluding diaryl/α,β-unsaturated/α-hetero) is 1. The van der Waals surface area contributed by atoms with Gasteiger partial charge in [0.1, 0.15) is 17.6 Å². The highest BCUT2D eigenvalue weighted by Gasteiger charge is 2.82. The van der Waals surface area contributed by atoms with Crippen LogP contribution in [0.25, 0.3) is 11.5 Å². The summed E-state index contributed by atoms with van der Waals surface area (Å²) >= 11 is 0. The molecule has 10 heteroatoms. The number of hydrogen-bond donors (Lipinski definition) is 2. The molecule has 6 fully saturated rings. The predicted octanol–water partition coefficient (Wildman–Crippen LogP) is 8.97. The topological polar surface area (TPSA) is 150 Å². The zero-order valence-electron chi connectivity index (χ0n) is 36.4. The van der Waals surface area contributed by atoms with Crippen LogP contribution in [0.4, 0.5) is 0 Å². The van der Waals surface area contributed by atoms with Crippen molar-refractivity contribution in [1.82, 2.24) is 19.7 Å². The second-order valence-electron chi connectivity index (χ2n) is 22.1. The summed E-state index contributed by atoms with van der Waals surface area (Å²) in [4.78, 5) is 44.5. The number of esters is 1. The van der Waals surface area contributed by atoms with E-state index in [1.54, 1.807) is 13.8 Å². The van der Waals surface area contributed by atoms with Gasteiger partial charge in [0.15, 0.2) is 11.6 Å². The number of carbonyl (C=O) groups is 3. The Hall–Kier alpha value is -3.40. The van der Waals surface area contributed by atoms with Gasteiger partial charge in [-0.25, -0.2) is 0 Å². The summed E-state index contributed by atoms with van der Waals surface area (Å²) in [5.74, 6) is 2.03. The van der Waals surface area contributed by atoms with Crippen molar-refractivity contribution in [3.8, 4) is 11.5 Å². The van der Waals surface area contributed by atoms with Crippen molar-refractivity contribution >= 4 is 17.7 Å². The van der Waals surface area contributed by atoms with Crippen molar-refractivity contribution in [2.24, 2.45) is 56.0 Å². The number of carbonyl (C=O) groups excluding carboxylic acids is 2. The standard InChI is InChI=1S/C48H67N5O5/c1-28(2)37-33(54)24-47(40-52-51-39(53(40)23-22-49)32-14-12-30(26-50-32)29-10-9-11-29)20-18-43(5)31(38(37)47)13-15-34-44(43,6)19-21-48-27-46(48,8)35(16-17-45(34,48)7)58-36(55)25-42(3,4)41(56)57/h12,14,26,28-29,31,34-35H,9-11,13,15-25,27,49H2,1-8H3,(H,56,57). The maximum atomic E-state index is 14.5. The van der Waals surface area contributed by atoms with Crippen LogP contribution in [-0.2, 0) is 31.1 Å². The number of carboxylic acids is 1. The lowest BCUT2D eigenvalue weighted by molar-refractivity contribution is -0.216. The lowest BCUT2D eigenvalue weighted by atomic mass is 9.33. The normalized spacial score (nSPS) is 39.3. The van der Waals surface area contributed by atoms with Crippen molar-refractivity contribution < 1.29 is 24.2 Å². The molecule has 6 saturated carbocycles. The summed E-state index contributed by atoms with van der Waals surface area (Å²) < 4.78 is 8.46. The second kappa shape index (κ2) is 13.1. The number of nitrogens with zero attached hydrogens (tertiary/aromatic N) is 4. The van der Waals surface area contributed by atoms with E-state index in [2.05, 4.69) is 58.2 Å². The molecule has 0 radical (unpaired) electrons. The van der Waals surface area contributed by atoms with Gasteiger partial charge < -0.3 is 20.1 Å². The second-order valence-corrected chi connectivity index (χ2v) is 22.1. The number of nitrogens with two attached hydrogens (primary N) is 1. The van der Waals surface area contributed by atoms with E-state index in [0.29, 0.717) is 31.3 Å². The molecule has 314 valence electrons. The van der Waals surface area contributed by atoms with Crippen LogP contribution in [0.15, 0.2) is 29.5 Å². The predicted molar refractivity (Wildman–Crippen MR) is 221 cm³/mol.